The summed E-state index contributed by atoms with van der Waals surface area (Å²) in [6.07, 6.45) is 1.73. The fraction of sp³-hybridized carbons (Fsp3) is 0.400. The molecule has 0 spiro atoms. The van der Waals surface area contributed by atoms with Gasteiger partial charge in [-0.25, -0.2) is 0 Å². The normalized spacial score (nSPS) is 17.8. The van der Waals surface area contributed by atoms with Crippen LogP contribution in [0.3, 0.4) is 0 Å². The second-order valence-electron chi connectivity index (χ2n) is 6.59. The van der Waals surface area contributed by atoms with E-state index in [1.165, 1.54) is 11.8 Å². The second kappa shape index (κ2) is 9.67. The van der Waals surface area contributed by atoms with Crippen LogP contribution in [-0.2, 0) is 9.47 Å². The first-order chi connectivity index (χ1) is 13.8. The molecule has 0 radical (unpaired) electrons. The van der Waals surface area contributed by atoms with Crippen molar-refractivity contribution >= 4 is 23.1 Å². The average molecular weight is 418 g/mol. The third-order valence-electron chi connectivity index (χ3n) is 4.43. The van der Waals surface area contributed by atoms with Crippen molar-refractivity contribution < 1.29 is 14.6 Å². The minimum Gasteiger partial charge on any atom is -0.390 e. The fourth-order valence-corrected chi connectivity index (χ4v) is 4.62. The zero-order valence-electron chi connectivity index (χ0n) is 15.4. The van der Waals surface area contributed by atoms with Crippen LogP contribution in [0, 0.1) is 0 Å². The van der Waals surface area contributed by atoms with Gasteiger partial charge in [0.25, 0.3) is 0 Å². The largest absolute Gasteiger partial charge is 0.390 e. The first kappa shape index (κ1) is 19.6. The van der Waals surface area contributed by atoms with Gasteiger partial charge in [-0.2, -0.15) is 0 Å². The van der Waals surface area contributed by atoms with E-state index < -0.39 is 6.10 Å². The maximum Gasteiger partial charge on any atom is 0.196 e. The number of nitrogens with zero attached hydrogens (tertiary/aromatic N) is 3. The molecule has 0 saturated carbocycles. The molecule has 0 unspecified atom stereocenters. The molecule has 1 aromatic carbocycles. The summed E-state index contributed by atoms with van der Waals surface area (Å²) in [6, 6.07) is 14.1. The van der Waals surface area contributed by atoms with Crippen LogP contribution < -0.4 is 0 Å². The molecule has 0 bridgehead atoms. The molecule has 1 saturated heterocycles. The number of ether oxygens (including phenoxy) is 2. The van der Waals surface area contributed by atoms with E-state index in [4.69, 9.17) is 9.47 Å². The van der Waals surface area contributed by atoms with E-state index in [1.54, 1.807) is 11.3 Å². The van der Waals surface area contributed by atoms with E-state index in [2.05, 4.69) is 10.2 Å². The van der Waals surface area contributed by atoms with E-state index in [0.29, 0.717) is 19.0 Å². The first-order valence-corrected chi connectivity index (χ1v) is 11.2. The lowest BCUT2D eigenvalue weighted by molar-refractivity contribution is -0.0114. The Balaban J connectivity index is 1.41. The predicted molar refractivity (Wildman–Crippen MR) is 111 cm³/mol. The Labute approximate surface area is 172 Å². The molecule has 1 aliphatic heterocycles. The number of hydrogen-bond acceptors (Lipinski definition) is 7. The average Bonchev–Trinajstić information content (AvgIpc) is 3.48. The van der Waals surface area contributed by atoms with Crippen molar-refractivity contribution in [3.8, 4) is 16.4 Å². The van der Waals surface area contributed by atoms with Crippen molar-refractivity contribution in [1.82, 2.24) is 14.8 Å². The van der Waals surface area contributed by atoms with Crippen molar-refractivity contribution in [1.29, 1.82) is 0 Å². The van der Waals surface area contributed by atoms with Gasteiger partial charge in [0.2, 0.25) is 0 Å². The van der Waals surface area contributed by atoms with E-state index in [9.17, 15) is 5.11 Å². The summed E-state index contributed by atoms with van der Waals surface area (Å²) in [5.41, 5.74) is 1.00. The van der Waals surface area contributed by atoms with Gasteiger partial charge in [-0.15, -0.1) is 21.5 Å². The van der Waals surface area contributed by atoms with Gasteiger partial charge in [0.05, 0.1) is 30.3 Å². The minimum absolute atomic E-state index is 0.175. The number of rotatable bonds is 9. The summed E-state index contributed by atoms with van der Waals surface area (Å²) < 4.78 is 13.2. The van der Waals surface area contributed by atoms with E-state index in [1.807, 2.05) is 52.4 Å². The highest BCUT2D eigenvalue weighted by atomic mass is 32.2. The molecule has 2 aromatic heterocycles. The number of benzene rings is 1. The van der Waals surface area contributed by atoms with Crippen LogP contribution in [0.2, 0.25) is 0 Å². The highest BCUT2D eigenvalue weighted by Gasteiger charge is 2.19. The summed E-state index contributed by atoms with van der Waals surface area (Å²) in [6.45, 7) is 1.66. The Morgan fingerprint density at radius 2 is 2.14 bits per heavy atom. The van der Waals surface area contributed by atoms with Gasteiger partial charge in [-0.3, -0.25) is 4.57 Å². The number of aliphatic hydroxyl groups is 1. The topological polar surface area (TPSA) is 69.4 Å². The number of para-hydroxylation sites is 1. The standard InChI is InChI=1S/C20H23N3O3S2/c24-16(12-25-13-17-8-4-10-26-17)14-28-20-22-21-19(18-9-5-11-27-18)23(20)15-6-2-1-3-7-15/h1-3,5-7,9,11,16-17,24H,4,8,10,12-14H2/t16-,17+/m1/s1. The predicted octanol–water partition coefficient (Wildman–Crippen LogP) is 3.64. The molecule has 0 amide bonds. The van der Waals surface area contributed by atoms with E-state index in [-0.39, 0.29) is 6.10 Å². The molecule has 1 aliphatic rings. The third kappa shape index (κ3) is 4.82. The molecular formula is C20H23N3O3S2. The van der Waals surface area contributed by atoms with Crippen molar-refractivity contribution in [3.05, 3.63) is 47.8 Å². The second-order valence-corrected chi connectivity index (χ2v) is 8.53. The molecule has 28 heavy (non-hydrogen) atoms. The zero-order chi connectivity index (χ0) is 19.2. The monoisotopic (exact) mass is 417 g/mol. The zero-order valence-corrected chi connectivity index (χ0v) is 17.1. The summed E-state index contributed by atoms with van der Waals surface area (Å²) in [4.78, 5) is 1.06. The van der Waals surface area contributed by atoms with Gasteiger partial charge in [0, 0.05) is 18.0 Å². The Morgan fingerprint density at radius 1 is 1.25 bits per heavy atom. The Bertz CT molecular complexity index is 849. The molecule has 6 nitrogen and oxygen atoms in total. The third-order valence-corrected chi connectivity index (χ3v) is 6.37. The van der Waals surface area contributed by atoms with Crippen LogP contribution in [-0.4, -0.2) is 57.7 Å². The molecule has 0 aliphatic carbocycles. The van der Waals surface area contributed by atoms with Gasteiger partial charge in [-0.1, -0.05) is 36.0 Å². The molecule has 1 fully saturated rings. The Morgan fingerprint density at radius 3 is 2.89 bits per heavy atom. The Hall–Kier alpha value is -1.71. The summed E-state index contributed by atoms with van der Waals surface area (Å²) >= 11 is 3.12. The molecule has 3 heterocycles. The number of aromatic nitrogens is 3. The SMILES string of the molecule is O[C@H](COC[C@@H]1CCCO1)CSc1nnc(-c2cccs2)n1-c1ccccc1. The van der Waals surface area contributed by atoms with E-state index in [0.717, 1.165) is 41.0 Å². The van der Waals surface area contributed by atoms with Gasteiger partial charge in [-0.05, 0) is 36.4 Å². The van der Waals surface area contributed by atoms with Crippen molar-refractivity contribution in [3.63, 3.8) is 0 Å². The highest BCUT2D eigenvalue weighted by Crippen LogP contribution is 2.30. The van der Waals surface area contributed by atoms with Crippen LogP contribution in [0.15, 0.2) is 53.0 Å². The van der Waals surface area contributed by atoms with Crippen molar-refractivity contribution in [2.24, 2.45) is 0 Å². The highest BCUT2D eigenvalue weighted by molar-refractivity contribution is 7.99. The smallest absolute Gasteiger partial charge is 0.196 e. The first-order valence-electron chi connectivity index (χ1n) is 9.36. The van der Waals surface area contributed by atoms with Crippen LogP contribution in [0.25, 0.3) is 16.4 Å². The molecule has 3 aromatic rings. The van der Waals surface area contributed by atoms with Gasteiger partial charge in [0.15, 0.2) is 11.0 Å². The number of aliphatic hydroxyl groups excluding tert-OH is 1. The molecule has 148 valence electrons. The molecular weight excluding hydrogens is 394 g/mol. The van der Waals surface area contributed by atoms with Crippen LogP contribution in [0.5, 0.6) is 0 Å². The molecule has 1 N–H and O–H groups in total. The van der Waals surface area contributed by atoms with Crippen LogP contribution in [0.1, 0.15) is 12.8 Å². The van der Waals surface area contributed by atoms with Gasteiger partial charge in [0.1, 0.15) is 0 Å². The fourth-order valence-electron chi connectivity index (χ4n) is 3.07. The lowest BCUT2D eigenvalue weighted by Crippen LogP contribution is -2.22. The van der Waals surface area contributed by atoms with Crippen molar-refractivity contribution in [2.45, 2.75) is 30.2 Å². The van der Waals surface area contributed by atoms with Crippen LogP contribution in [0.4, 0.5) is 0 Å². The maximum atomic E-state index is 10.3. The summed E-state index contributed by atoms with van der Waals surface area (Å²) in [5.74, 6) is 1.30. The summed E-state index contributed by atoms with van der Waals surface area (Å²) in [7, 11) is 0. The number of hydrogen-bond donors (Lipinski definition) is 1. The lowest BCUT2D eigenvalue weighted by atomic mass is 10.2. The molecule has 2 atom stereocenters. The maximum absolute atomic E-state index is 10.3. The minimum atomic E-state index is -0.572. The Kier molecular flexibility index (Phi) is 6.77. The quantitative estimate of drug-likeness (QED) is 0.536. The lowest BCUT2D eigenvalue weighted by Gasteiger charge is -2.14. The van der Waals surface area contributed by atoms with Crippen molar-refractivity contribution in [2.75, 3.05) is 25.6 Å². The number of thioether (sulfide) groups is 1. The van der Waals surface area contributed by atoms with E-state index >= 15 is 0 Å². The summed E-state index contributed by atoms with van der Waals surface area (Å²) in [5, 5.41) is 21.9. The van der Waals surface area contributed by atoms with Gasteiger partial charge < -0.3 is 14.6 Å². The van der Waals surface area contributed by atoms with Crippen LogP contribution >= 0.6 is 23.1 Å². The molecule has 8 heteroatoms. The molecule has 4 rings (SSSR count). The van der Waals surface area contributed by atoms with Gasteiger partial charge >= 0.3 is 0 Å². The number of thiophene rings is 1.